The summed E-state index contributed by atoms with van der Waals surface area (Å²) in [6, 6.07) is 6.00. The van der Waals surface area contributed by atoms with E-state index in [0.717, 1.165) is 44.1 Å². The summed E-state index contributed by atoms with van der Waals surface area (Å²) >= 11 is 0. The molecule has 1 aromatic carbocycles. The van der Waals surface area contributed by atoms with Gasteiger partial charge in [-0.15, -0.1) is 0 Å². The lowest BCUT2D eigenvalue weighted by Crippen LogP contribution is -2.48. The van der Waals surface area contributed by atoms with Crippen LogP contribution in [0.15, 0.2) is 18.2 Å². The van der Waals surface area contributed by atoms with Gasteiger partial charge in [0, 0.05) is 53.7 Å². The highest BCUT2D eigenvalue weighted by molar-refractivity contribution is 7.84. The molecule has 6 rings (SSSR count). The van der Waals surface area contributed by atoms with Crippen molar-refractivity contribution in [1.82, 2.24) is 4.90 Å². The maximum absolute atomic E-state index is 13.3. The van der Waals surface area contributed by atoms with Gasteiger partial charge in [-0.05, 0) is 104 Å². The fraction of sp³-hybridized carbons (Fsp3) is 0.800. The summed E-state index contributed by atoms with van der Waals surface area (Å²) in [4.78, 5) is 14.8. The third kappa shape index (κ3) is 7.30. The number of halogens is 5. The number of fused-ring (bicyclic) bond motifs is 6. The van der Waals surface area contributed by atoms with Crippen molar-refractivity contribution in [1.29, 1.82) is 0 Å². The van der Waals surface area contributed by atoms with E-state index in [1.54, 1.807) is 4.90 Å². The second-order valence-electron chi connectivity index (χ2n) is 14.9. The van der Waals surface area contributed by atoms with E-state index >= 15 is 0 Å². The Hall–Kier alpha value is -1.83. The zero-order valence-electron chi connectivity index (χ0n) is 27.5. The van der Waals surface area contributed by atoms with Crippen molar-refractivity contribution < 1.29 is 50.3 Å². The fourth-order valence-corrected chi connectivity index (χ4v) is 10.9. The Morgan fingerprint density at radius 3 is 2.52 bits per heavy atom. The number of carbonyl (C=O) groups is 1. The molecule has 9 atom stereocenters. The van der Waals surface area contributed by atoms with Crippen molar-refractivity contribution in [3.63, 3.8) is 0 Å². The predicted octanol–water partition coefficient (Wildman–Crippen LogP) is 6.73. The van der Waals surface area contributed by atoms with Gasteiger partial charge in [0.05, 0.1) is 32.5 Å². The van der Waals surface area contributed by atoms with Gasteiger partial charge in [0.15, 0.2) is 0 Å². The number of benzene rings is 1. The molecule has 1 amide bonds. The number of carbonyl (C=O) groups excluding carboxylic acids is 1. The molecule has 0 spiro atoms. The SMILES string of the molecule is C[C@]12CC[C@@H]3c4ccc(OC(=O)N5CC6COCC6C5)cc4C[C@@H](CCCS(=O)CCCC(F)(F)C(F)(F)F)[C@H]3[C@@H]1CC[C@@H]2OCCO. The molecule has 2 heterocycles. The second kappa shape index (κ2) is 14.4. The molecule has 1 aromatic rings. The van der Waals surface area contributed by atoms with Crippen LogP contribution in [0, 0.1) is 35.0 Å². The van der Waals surface area contributed by atoms with E-state index in [0.29, 0.717) is 74.7 Å². The molecule has 0 radical (unpaired) electrons. The van der Waals surface area contributed by atoms with Gasteiger partial charge in [0.1, 0.15) is 5.75 Å². The summed E-state index contributed by atoms with van der Waals surface area (Å²) in [6.07, 6.45) is -1.70. The zero-order valence-corrected chi connectivity index (χ0v) is 28.3. The maximum Gasteiger partial charge on any atom is 0.453 e. The summed E-state index contributed by atoms with van der Waals surface area (Å²) in [6.45, 7) is 5.21. The molecule has 3 aliphatic carbocycles. The van der Waals surface area contributed by atoms with E-state index in [9.17, 15) is 36.1 Å². The van der Waals surface area contributed by atoms with Gasteiger partial charge in [-0.3, -0.25) is 4.21 Å². The third-order valence-electron chi connectivity index (χ3n) is 12.1. The Bertz CT molecular complexity index is 1320. The molecule has 2 saturated heterocycles. The summed E-state index contributed by atoms with van der Waals surface area (Å²) in [5.41, 5.74) is 2.39. The molecule has 1 N–H and O–H groups in total. The van der Waals surface area contributed by atoms with Crippen LogP contribution in [0.1, 0.15) is 75.3 Å². The van der Waals surface area contributed by atoms with Crippen LogP contribution in [-0.2, 0) is 26.7 Å². The quantitative estimate of drug-likeness (QED) is 0.243. The molecule has 0 aromatic heterocycles. The molecule has 48 heavy (non-hydrogen) atoms. The fourth-order valence-electron chi connectivity index (χ4n) is 9.74. The molecule has 3 unspecified atom stereocenters. The number of aliphatic hydroxyl groups is 1. The largest absolute Gasteiger partial charge is 0.453 e. The highest BCUT2D eigenvalue weighted by atomic mass is 32.2. The van der Waals surface area contributed by atoms with Gasteiger partial charge < -0.3 is 24.2 Å². The Labute approximate surface area is 281 Å². The average molecular weight is 706 g/mol. The lowest BCUT2D eigenvalue weighted by molar-refractivity contribution is -0.284. The van der Waals surface area contributed by atoms with Gasteiger partial charge in [-0.1, -0.05) is 13.0 Å². The smallest absolute Gasteiger partial charge is 0.410 e. The number of aliphatic hydroxyl groups excluding tert-OH is 1. The van der Waals surface area contributed by atoms with Crippen LogP contribution in [0.4, 0.5) is 26.7 Å². The van der Waals surface area contributed by atoms with E-state index in [4.69, 9.17) is 14.2 Å². The monoisotopic (exact) mass is 705 g/mol. The number of ether oxygens (including phenoxy) is 3. The van der Waals surface area contributed by atoms with Crippen LogP contribution in [0.25, 0.3) is 0 Å². The van der Waals surface area contributed by atoms with Gasteiger partial charge in [-0.25, -0.2) is 4.79 Å². The maximum atomic E-state index is 13.3. The number of likely N-dealkylation sites (tertiary alicyclic amines) is 1. The summed E-state index contributed by atoms with van der Waals surface area (Å²) < 4.78 is 94.5. The van der Waals surface area contributed by atoms with Crippen molar-refractivity contribution in [2.24, 2.45) is 35.0 Å². The van der Waals surface area contributed by atoms with Crippen LogP contribution in [0.5, 0.6) is 5.75 Å². The van der Waals surface area contributed by atoms with Gasteiger partial charge in [0.25, 0.3) is 0 Å². The van der Waals surface area contributed by atoms with Crippen LogP contribution >= 0.6 is 0 Å². The molecule has 0 bridgehead atoms. The average Bonchev–Trinajstić information content (AvgIpc) is 3.73. The first-order valence-electron chi connectivity index (χ1n) is 17.5. The van der Waals surface area contributed by atoms with E-state index < -0.39 is 35.7 Å². The third-order valence-corrected chi connectivity index (χ3v) is 13.6. The standard InChI is InChI=1S/C35H48F5NO6S/c1-33-11-9-28-27-6-5-26(47-32(43)41-18-24-20-45-21-25(24)19-41)17-23(27)16-22(31(28)29(33)7-8-30(33)46-13-12-42)4-2-14-48(44)15-3-10-34(36,37)35(38,39)40/h5-6,17,22,24-25,28-31,42H,2-4,7-16,18-21H2,1H3/t22-,24?,25?,28-,29+,30+,31-,33+,48?/m1/s1. The van der Waals surface area contributed by atoms with Crippen molar-refractivity contribution in [3.8, 4) is 5.75 Å². The predicted molar refractivity (Wildman–Crippen MR) is 170 cm³/mol. The van der Waals surface area contributed by atoms with Crippen molar-refractivity contribution in [3.05, 3.63) is 29.3 Å². The minimum Gasteiger partial charge on any atom is -0.410 e. The van der Waals surface area contributed by atoms with Gasteiger partial charge >= 0.3 is 18.2 Å². The van der Waals surface area contributed by atoms with E-state index in [-0.39, 0.29) is 41.6 Å². The van der Waals surface area contributed by atoms with Crippen molar-refractivity contribution in [2.75, 3.05) is 51.0 Å². The lowest BCUT2D eigenvalue weighted by atomic mass is 9.52. The molecule has 2 saturated carbocycles. The van der Waals surface area contributed by atoms with Crippen molar-refractivity contribution in [2.45, 2.75) is 88.8 Å². The van der Waals surface area contributed by atoms with E-state index in [2.05, 4.69) is 13.0 Å². The molecule has 2 aliphatic heterocycles. The second-order valence-corrected chi connectivity index (χ2v) is 16.6. The molecular weight excluding hydrogens is 657 g/mol. The van der Waals surface area contributed by atoms with E-state index in [1.165, 1.54) is 5.56 Å². The highest BCUT2D eigenvalue weighted by Gasteiger charge is 2.58. The molecule has 270 valence electrons. The number of hydrogen-bond acceptors (Lipinski definition) is 6. The first kappa shape index (κ1) is 36.0. The minimum absolute atomic E-state index is 0.0233. The van der Waals surface area contributed by atoms with Gasteiger partial charge in [0.2, 0.25) is 0 Å². The molecular formula is C35H48F5NO6S. The van der Waals surface area contributed by atoms with Crippen LogP contribution < -0.4 is 4.74 Å². The summed E-state index contributed by atoms with van der Waals surface area (Å²) in [7, 11) is -1.49. The van der Waals surface area contributed by atoms with Crippen LogP contribution in [0.2, 0.25) is 0 Å². The topological polar surface area (TPSA) is 85.3 Å². The first-order chi connectivity index (χ1) is 22.8. The number of amides is 1. The Balaban J connectivity index is 1.14. The number of rotatable bonds is 12. The highest BCUT2D eigenvalue weighted by Crippen LogP contribution is 2.63. The molecule has 7 nitrogen and oxygen atoms in total. The normalized spacial score (nSPS) is 33.6. The van der Waals surface area contributed by atoms with Crippen LogP contribution in [0.3, 0.4) is 0 Å². The Morgan fingerprint density at radius 2 is 1.81 bits per heavy atom. The van der Waals surface area contributed by atoms with E-state index in [1.807, 2.05) is 12.1 Å². The summed E-state index contributed by atoms with van der Waals surface area (Å²) in [5, 5.41) is 9.42. The zero-order chi connectivity index (χ0) is 34.3. The first-order valence-corrected chi connectivity index (χ1v) is 19.0. The number of hydrogen-bond donors (Lipinski definition) is 1. The Morgan fingerprint density at radius 1 is 1.08 bits per heavy atom. The number of nitrogens with zero attached hydrogens (tertiary/aromatic N) is 1. The minimum atomic E-state index is -5.60. The van der Waals surface area contributed by atoms with Gasteiger partial charge in [-0.2, -0.15) is 22.0 Å². The van der Waals surface area contributed by atoms with Crippen LogP contribution in [-0.4, -0.2) is 89.5 Å². The Kier molecular flexibility index (Phi) is 10.8. The molecule has 13 heteroatoms. The van der Waals surface area contributed by atoms with Crippen molar-refractivity contribution >= 4 is 16.9 Å². The molecule has 4 fully saturated rings. The molecule has 5 aliphatic rings. The number of alkyl halides is 5. The lowest BCUT2D eigenvalue weighted by Gasteiger charge is -2.53. The summed E-state index contributed by atoms with van der Waals surface area (Å²) in [5.74, 6) is -2.21.